The van der Waals surface area contributed by atoms with Crippen LogP contribution < -0.4 is 10.6 Å². The second kappa shape index (κ2) is 5.02. The van der Waals surface area contributed by atoms with Crippen LogP contribution in [0.4, 0.5) is 11.6 Å². The van der Waals surface area contributed by atoms with Gasteiger partial charge in [0.15, 0.2) is 5.82 Å². The van der Waals surface area contributed by atoms with Gasteiger partial charge in [-0.05, 0) is 26.0 Å². The minimum Gasteiger partial charge on any atom is -0.382 e. The van der Waals surface area contributed by atoms with E-state index < -0.39 is 0 Å². The third kappa shape index (κ3) is 2.25. The number of hydrogen-bond acceptors (Lipinski definition) is 4. The lowest BCUT2D eigenvalue weighted by Crippen LogP contribution is -2.17. The lowest BCUT2D eigenvalue weighted by molar-refractivity contribution is 0.851. The first-order valence-electron chi connectivity index (χ1n) is 6.15. The van der Waals surface area contributed by atoms with Gasteiger partial charge < -0.3 is 10.6 Å². The number of anilines is 2. The molecule has 1 aromatic heterocycles. The fraction of sp³-hybridized carbons (Fsp3) is 0.286. The minimum absolute atomic E-state index is 0.377. The van der Waals surface area contributed by atoms with Crippen molar-refractivity contribution in [2.24, 2.45) is 0 Å². The van der Waals surface area contributed by atoms with Gasteiger partial charge in [0.25, 0.3) is 0 Å². The van der Waals surface area contributed by atoms with Crippen LogP contribution in [0.1, 0.15) is 18.1 Å². The van der Waals surface area contributed by atoms with Crippen LogP contribution >= 0.6 is 0 Å². The molecular weight excluding hydrogens is 238 g/mol. The zero-order valence-electron chi connectivity index (χ0n) is 11.4. The summed E-state index contributed by atoms with van der Waals surface area (Å²) in [6.45, 7) is 4.79. The van der Waals surface area contributed by atoms with Crippen LogP contribution in [0.2, 0.25) is 0 Å². The van der Waals surface area contributed by atoms with Gasteiger partial charge in [-0.2, -0.15) is 5.26 Å². The first-order valence-corrected chi connectivity index (χ1v) is 6.15. The Kier molecular flexibility index (Phi) is 3.43. The zero-order chi connectivity index (χ0) is 14.0. The second-order valence-electron chi connectivity index (χ2n) is 4.46. The summed E-state index contributed by atoms with van der Waals surface area (Å²) in [7, 11) is 1.89. The third-order valence-corrected chi connectivity index (χ3v) is 3.13. The Morgan fingerprint density at radius 2 is 2.00 bits per heavy atom. The first kappa shape index (κ1) is 13.0. The van der Waals surface area contributed by atoms with Crippen molar-refractivity contribution in [2.75, 3.05) is 24.2 Å². The minimum atomic E-state index is 0.377. The Balaban J connectivity index is 2.56. The molecule has 0 saturated heterocycles. The highest BCUT2D eigenvalue weighted by Gasteiger charge is 2.18. The van der Waals surface area contributed by atoms with E-state index in [1.165, 1.54) is 5.56 Å². The van der Waals surface area contributed by atoms with Gasteiger partial charge >= 0.3 is 0 Å². The lowest BCUT2D eigenvalue weighted by atomic mass is 10.2. The van der Waals surface area contributed by atoms with Gasteiger partial charge in [0, 0.05) is 13.6 Å². The van der Waals surface area contributed by atoms with E-state index in [9.17, 15) is 5.26 Å². The molecule has 0 unspecified atom stereocenters. The molecule has 0 radical (unpaired) electrons. The number of rotatable bonds is 3. The van der Waals surface area contributed by atoms with E-state index in [0.717, 1.165) is 12.2 Å². The Morgan fingerprint density at radius 3 is 2.53 bits per heavy atom. The van der Waals surface area contributed by atoms with Crippen LogP contribution in [0.15, 0.2) is 24.3 Å². The molecule has 19 heavy (non-hydrogen) atoms. The van der Waals surface area contributed by atoms with E-state index in [1.807, 2.05) is 50.1 Å². The molecule has 0 bridgehead atoms. The molecule has 0 saturated carbocycles. The molecule has 2 N–H and O–H groups in total. The van der Waals surface area contributed by atoms with Gasteiger partial charge in [-0.3, -0.25) is 0 Å². The number of aromatic nitrogens is 2. The van der Waals surface area contributed by atoms with E-state index in [2.05, 4.69) is 11.2 Å². The molecule has 5 heteroatoms. The smallest absolute Gasteiger partial charge is 0.171 e. The van der Waals surface area contributed by atoms with Crippen molar-refractivity contribution in [3.05, 3.63) is 35.4 Å². The van der Waals surface area contributed by atoms with Crippen molar-refractivity contribution in [3.63, 3.8) is 0 Å². The molecule has 2 rings (SSSR count). The average Bonchev–Trinajstić information content (AvgIpc) is 2.76. The number of nitrogen functional groups attached to an aromatic ring is 1. The molecule has 0 aliphatic carbocycles. The molecule has 0 atom stereocenters. The third-order valence-electron chi connectivity index (χ3n) is 3.13. The maximum atomic E-state index is 9.24. The molecular formula is C14H17N5. The Bertz CT molecular complexity index is 619. The van der Waals surface area contributed by atoms with E-state index in [4.69, 9.17) is 5.73 Å². The summed E-state index contributed by atoms with van der Waals surface area (Å²) in [5.74, 6) is 0.990. The summed E-state index contributed by atoms with van der Waals surface area (Å²) in [5, 5.41) is 13.7. The quantitative estimate of drug-likeness (QED) is 0.911. The molecule has 1 aromatic carbocycles. The molecule has 5 nitrogen and oxygen atoms in total. The molecule has 1 heterocycles. The van der Waals surface area contributed by atoms with Gasteiger partial charge in [-0.1, -0.05) is 17.7 Å². The fourth-order valence-electron chi connectivity index (χ4n) is 1.83. The highest BCUT2D eigenvalue weighted by molar-refractivity contribution is 5.66. The standard InChI is InChI=1S/C14H17N5/c1-4-18(3)14-12(9-15)13(16)19(17-14)11-7-5-10(2)6-8-11/h5-8H,4,16H2,1-3H3. The zero-order valence-corrected chi connectivity index (χ0v) is 11.4. The van der Waals surface area contributed by atoms with Gasteiger partial charge in [0.1, 0.15) is 17.5 Å². The van der Waals surface area contributed by atoms with Crippen molar-refractivity contribution in [3.8, 4) is 11.8 Å². The van der Waals surface area contributed by atoms with Crippen LogP contribution in [0.25, 0.3) is 5.69 Å². The number of hydrogen-bond donors (Lipinski definition) is 1. The van der Waals surface area contributed by atoms with Gasteiger partial charge in [0.05, 0.1) is 5.69 Å². The van der Waals surface area contributed by atoms with E-state index in [-0.39, 0.29) is 0 Å². The normalized spacial score (nSPS) is 10.2. The summed E-state index contributed by atoms with van der Waals surface area (Å²) in [6.07, 6.45) is 0. The van der Waals surface area contributed by atoms with Gasteiger partial charge in [-0.25, -0.2) is 4.68 Å². The van der Waals surface area contributed by atoms with Crippen LogP contribution in [0.3, 0.4) is 0 Å². The number of nitriles is 1. The number of aryl methyl sites for hydroxylation is 1. The highest BCUT2D eigenvalue weighted by atomic mass is 15.4. The predicted octanol–water partition coefficient (Wildman–Crippen LogP) is 2.09. The molecule has 0 spiro atoms. The molecule has 0 fully saturated rings. The van der Waals surface area contributed by atoms with Crippen molar-refractivity contribution in [1.82, 2.24) is 9.78 Å². The summed E-state index contributed by atoms with van der Waals surface area (Å²) in [6, 6.07) is 9.99. The molecule has 98 valence electrons. The lowest BCUT2D eigenvalue weighted by Gasteiger charge is -2.12. The average molecular weight is 255 g/mol. The van der Waals surface area contributed by atoms with Crippen LogP contribution in [-0.4, -0.2) is 23.4 Å². The summed E-state index contributed by atoms with van der Waals surface area (Å²) in [5.41, 5.74) is 8.47. The second-order valence-corrected chi connectivity index (χ2v) is 4.46. The Morgan fingerprint density at radius 1 is 1.37 bits per heavy atom. The van der Waals surface area contributed by atoms with Crippen molar-refractivity contribution in [1.29, 1.82) is 5.26 Å². The molecule has 0 aliphatic rings. The molecule has 0 amide bonds. The highest BCUT2D eigenvalue weighted by Crippen LogP contribution is 2.26. The Hall–Kier alpha value is -2.48. The maximum Gasteiger partial charge on any atom is 0.171 e. The largest absolute Gasteiger partial charge is 0.382 e. The summed E-state index contributed by atoms with van der Waals surface area (Å²) in [4.78, 5) is 1.90. The van der Waals surface area contributed by atoms with Gasteiger partial charge in [0.2, 0.25) is 0 Å². The first-order chi connectivity index (χ1) is 9.08. The van der Waals surface area contributed by atoms with Crippen molar-refractivity contribution < 1.29 is 0 Å². The predicted molar refractivity (Wildman–Crippen MR) is 76.4 cm³/mol. The van der Waals surface area contributed by atoms with Crippen LogP contribution in [-0.2, 0) is 0 Å². The Labute approximate surface area is 112 Å². The van der Waals surface area contributed by atoms with E-state index >= 15 is 0 Å². The van der Waals surface area contributed by atoms with Crippen molar-refractivity contribution >= 4 is 11.6 Å². The number of benzene rings is 1. The molecule has 2 aromatic rings. The topological polar surface area (TPSA) is 70.9 Å². The van der Waals surface area contributed by atoms with E-state index in [0.29, 0.717) is 17.2 Å². The SMILES string of the molecule is CCN(C)c1nn(-c2ccc(C)cc2)c(N)c1C#N. The van der Waals surface area contributed by atoms with Crippen molar-refractivity contribution in [2.45, 2.75) is 13.8 Å². The number of nitrogens with two attached hydrogens (primary N) is 1. The number of nitrogens with zero attached hydrogens (tertiary/aromatic N) is 4. The maximum absolute atomic E-state index is 9.24. The summed E-state index contributed by atoms with van der Waals surface area (Å²) < 4.78 is 1.61. The van der Waals surface area contributed by atoms with Crippen LogP contribution in [0, 0.1) is 18.3 Å². The monoisotopic (exact) mass is 255 g/mol. The van der Waals surface area contributed by atoms with Gasteiger partial charge in [-0.15, -0.1) is 5.10 Å². The summed E-state index contributed by atoms with van der Waals surface area (Å²) >= 11 is 0. The fourth-order valence-corrected chi connectivity index (χ4v) is 1.83. The molecule has 0 aliphatic heterocycles. The van der Waals surface area contributed by atoms with Crippen LogP contribution in [0.5, 0.6) is 0 Å². The van der Waals surface area contributed by atoms with E-state index in [1.54, 1.807) is 4.68 Å².